The van der Waals surface area contributed by atoms with Crippen molar-refractivity contribution < 1.29 is 9.26 Å². The van der Waals surface area contributed by atoms with Gasteiger partial charge in [0.1, 0.15) is 11.5 Å². The number of nitrogens with zero attached hydrogens (tertiary/aromatic N) is 1. The van der Waals surface area contributed by atoms with Gasteiger partial charge in [-0.1, -0.05) is 47.3 Å². The summed E-state index contributed by atoms with van der Waals surface area (Å²) in [5, 5.41) is 5.56. The third-order valence-electron chi connectivity index (χ3n) is 6.27. The van der Waals surface area contributed by atoms with Gasteiger partial charge in [0, 0.05) is 17.0 Å². The van der Waals surface area contributed by atoms with Gasteiger partial charge < -0.3 is 9.26 Å². The normalized spacial score (nSPS) is 27.8. The molecule has 1 aromatic carbocycles. The standard InChI is InChI=1S/C21H23Cl2NO2/c22-17-2-1-3-18(23)19(17)20-16(21(26-24-20)14-6-7-14)11-25-15-9-12-4-5-13(8-12)10-15/h1-3,12-15H,4-11H2/t12-,13+,15?. The molecule has 0 radical (unpaired) electrons. The zero-order chi connectivity index (χ0) is 17.7. The van der Waals surface area contributed by atoms with E-state index in [9.17, 15) is 0 Å². The van der Waals surface area contributed by atoms with Crippen LogP contribution in [0, 0.1) is 11.8 Å². The van der Waals surface area contributed by atoms with Gasteiger partial charge in [-0.2, -0.15) is 0 Å². The SMILES string of the molecule is Clc1cccc(Cl)c1-c1noc(C2CC2)c1COC1C[C@H]2CC[C@@H](C1)C2. The van der Waals surface area contributed by atoms with Gasteiger partial charge in [0.2, 0.25) is 0 Å². The number of rotatable bonds is 5. The Morgan fingerprint density at radius 1 is 1.00 bits per heavy atom. The smallest absolute Gasteiger partial charge is 0.145 e. The fraction of sp³-hybridized carbons (Fsp3) is 0.571. The van der Waals surface area contributed by atoms with E-state index in [2.05, 4.69) is 5.16 Å². The molecule has 5 heteroatoms. The lowest BCUT2D eigenvalue weighted by atomic mass is 9.87. The molecule has 3 fully saturated rings. The van der Waals surface area contributed by atoms with Crippen LogP contribution in [-0.2, 0) is 11.3 Å². The third kappa shape index (κ3) is 3.19. The molecule has 0 N–H and O–H groups in total. The minimum absolute atomic E-state index is 0.359. The molecule has 0 spiro atoms. The highest BCUT2D eigenvalue weighted by Gasteiger charge is 2.36. The van der Waals surface area contributed by atoms with Crippen LogP contribution in [0.25, 0.3) is 11.3 Å². The molecular formula is C21H23Cl2NO2. The molecule has 0 amide bonds. The van der Waals surface area contributed by atoms with Crippen molar-refractivity contribution in [2.24, 2.45) is 11.8 Å². The molecule has 3 nitrogen and oxygen atoms in total. The van der Waals surface area contributed by atoms with Crippen LogP contribution in [0.4, 0.5) is 0 Å². The molecule has 1 heterocycles. The Morgan fingerprint density at radius 3 is 2.35 bits per heavy atom. The first-order chi connectivity index (χ1) is 12.7. The summed E-state index contributed by atoms with van der Waals surface area (Å²) in [5.41, 5.74) is 2.55. The largest absolute Gasteiger partial charge is 0.373 e. The Balaban J connectivity index is 1.42. The maximum Gasteiger partial charge on any atom is 0.145 e. The van der Waals surface area contributed by atoms with Gasteiger partial charge in [-0.3, -0.25) is 0 Å². The number of hydrogen-bond acceptors (Lipinski definition) is 3. The second-order valence-electron chi connectivity index (χ2n) is 8.19. The lowest BCUT2D eigenvalue weighted by Crippen LogP contribution is -2.23. The van der Waals surface area contributed by atoms with Crippen molar-refractivity contribution >= 4 is 23.2 Å². The third-order valence-corrected chi connectivity index (χ3v) is 6.90. The summed E-state index contributed by atoms with van der Waals surface area (Å²) in [5.74, 6) is 3.16. The highest BCUT2D eigenvalue weighted by Crippen LogP contribution is 2.47. The molecule has 26 heavy (non-hydrogen) atoms. The first kappa shape index (κ1) is 17.1. The lowest BCUT2D eigenvalue weighted by molar-refractivity contribution is -0.00126. The molecule has 1 unspecified atom stereocenters. The number of ether oxygens (including phenoxy) is 1. The van der Waals surface area contributed by atoms with E-state index in [1.165, 1.54) is 32.1 Å². The van der Waals surface area contributed by atoms with E-state index < -0.39 is 0 Å². The van der Waals surface area contributed by atoms with Gasteiger partial charge in [0.05, 0.1) is 22.8 Å². The first-order valence-electron chi connectivity index (χ1n) is 9.73. The Hall–Kier alpha value is -1.03. The van der Waals surface area contributed by atoms with Gasteiger partial charge in [-0.05, 0) is 56.1 Å². The van der Waals surface area contributed by atoms with Gasteiger partial charge >= 0.3 is 0 Å². The summed E-state index contributed by atoms with van der Waals surface area (Å²) in [4.78, 5) is 0. The number of fused-ring (bicyclic) bond motifs is 2. The zero-order valence-corrected chi connectivity index (χ0v) is 16.2. The highest BCUT2D eigenvalue weighted by molar-refractivity contribution is 6.39. The van der Waals surface area contributed by atoms with Crippen LogP contribution in [0.1, 0.15) is 62.2 Å². The molecule has 5 rings (SSSR count). The minimum atomic E-state index is 0.359. The van der Waals surface area contributed by atoms with Crippen LogP contribution in [0.3, 0.4) is 0 Å². The van der Waals surface area contributed by atoms with Crippen molar-refractivity contribution in [3.05, 3.63) is 39.6 Å². The molecule has 2 aromatic rings. The van der Waals surface area contributed by atoms with Crippen LogP contribution >= 0.6 is 23.2 Å². The Labute approximate surface area is 164 Å². The number of hydrogen-bond donors (Lipinski definition) is 0. The maximum absolute atomic E-state index is 6.43. The van der Waals surface area contributed by atoms with E-state index in [4.69, 9.17) is 32.5 Å². The highest BCUT2D eigenvalue weighted by atomic mass is 35.5. The minimum Gasteiger partial charge on any atom is -0.373 e. The van der Waals surface area contributed by atoms with E-state index in [-0.39, 0.29) is 0 Å². The maximum atomic E-state index is 6.43. The average molecular weight is 392 g/mol. The van der Waals surface area contributed by atoms with E-state index in [0.717, 1.165) is 47.3 Å². The molecule has 3 aliphatic rings. The van der Waals surface area contributed by atoms with Crippen LogP contribution in [-0.4, -0.2) is 11.3 Å². The predicted octanol–water partition coefficient (Wildman–Crippen LogP) is 6.62. The lowest BCUT2D eigenvalue weighted by Gasteiger charge is -2.27. The zero-order valence-electron chi connectivity index (χ0n) is 14.7. The molecule has 3 atom stereocenters. The second-order valence-corrected chi connectivity index (χ2v) is 9.01. The van der Waals surface area contributed by atoms with Crippen molar-refractivity contribution in [3.8, 4) is 11.3 Å². The molecule has 1 aromatic heterocycles. The van der Waals surface area contributed by atoms with Gasteiger partial charge in [0.25, 0.3) is 0 Å². The first-order valence-corrected chi connectivity index (χ1v) is 10.5. The van der Waals surface area contributed by atoms with Crippen molar-refractivity contribution in [1.29, 1.82) is 0 Å². The monoisotopic (exact) mass is 391 g/mol. The molecule has 138 valence electrons. The van der Waals surface area contributed by atoms with Crippen LogP contribution in [0.2, 0.25) is 10.0 Å². The van der Waals surface area contributed by atoms with Crippen LogP contribution in [0.15, 0.2) is 22.7 Å². The Kier molecular flexibility index (Phi) is 4.50. The number of aromatic nitrogens is 1. The summed E-state index contributed by atoms with van der Waals surface area (Å²) in [6.07, 6.45) is 9.23. The quantitative estimate of drug-likeness (QED) is 0.574. The molecule has 3 aliphatic carbocycles. The van der Waals surface area contributed by atoms with E-state index in [1.807, 2.05) is 18.2 Å². The van der Waals surface area contributed by atoms with Crippen molar-refractivity contribution in [2.45, 2.75) is 63.6 Å². The molecular weight excluding hydrogens is 369 g/mol. The van der Waals surface area contributed by atoms with E-state index in [1.54, 1.807) is 0 Å². The van der Waals surface area contributed by atoms with Gasteiger partial charge in [-0.25, -0.2) is 0 Å². The number of benzene rings is 1. The predicted molar refractivity (Wildman–Crippen MR) is 103 cm³/mol. The van der Waals surface area contributed by atoms with Crippen LogP contribution in [0.5, 0.6) is 0 Å². The summed E-state index contributed by atoms with van der Waals surface area (Å²) < 4.78 is 12.1. The Bertz CT molecular complexity index is 782. The summed E-state index contributed by atoms with van der Waals surface area (Å²) in [6, 6.07) is 5.54. The fourth-order valence-electron chi connectivity index (χ4n) is 4.83. The van der Waals surface area contributed by atoms with E-state index >= 15 is 0 Å². The summed E-state index contributed by atoms with van der Waals surface area (Å²) >= 11 is 12.9. The molecule has 0 saturated heterocycles. The van der Waals surface area contributed by atoms with Gasteiger partial charge in [-0.15, -0.1) is 0 Å². The van der Waals surface area contributed by atoms with Crippen LogP contribution < -0.4 is 0 Å². The average Bonchev–Trinajstić information content (AvgIpc) is 3.30. The Morgan fingerprint density at radius 2 is 1.69 bits per heavy atom. The molecule has 2 bridgehead atoms. The molecule has 3 saturated carbocycles. The fourth-order valence-corrected chi connectivity index (χ4v) is 5.41. The van der Waals surface area contributed by atoms with E-state index in [0.29, 0.717) is 28.7 Å². The van der Waals surface area contributed by atoms with Crippen molar-refractivity contribution in [1.82, 2.24) is 5.16 Å². The van der Waals surface area contributed by atoms with Crippen molar-refractivity contribution in [3.63, 3.8) is 0 Å². The van der Waals surface area contributed by atoms with Gasteiger partial charge in [0.15, 0.2) is 0 Å². The summed E-state index contributed by atoms with van der Waals surface area (Å²) in [7, 11) is 0. The van der Waals surface area contributed by atoms with Crippen molar-refractivity contribution in [2.75, 3.05) is 0 Å². The molecule has 0 aliphatic heterocycles. The second kappa shape index (κ2) is 6.85. The summed E-state index contributed by atoms with van der Waals surface area (Å²) in [6.45, 7) is 0.538. The topological polar surface area (TPSA) is 35.3 Å². The number of halogens is 2.